The first-order valence-electron chi connectivity index (χ1n) is 9.95. The Morgan fingerprint density at radius 3 is 1.58 bits per heavy atom. The van der Waals surface area contributed by atoms with Gasteiger partial charge in [-0.15, -0.1) is 0 Å². The van der Waals surface area contributed by atoms with E-state index in [4.69, 9.17) is 4.74 Å². The van der Waals surface area contributed by atoms with E-state index < -0.39 is 79.6 Å². The molecule has 192 valence electrons. The standard InChI is InChI=1S/C18H18N6O12/c25-7-14-17(26)15(19-10-3-1-8(21(28)29)5-12(10)23(32)33)16(18(27)36-14)20-11-4-2-9(22(30)31)6-13(11)24(34)35/h1-6,14-20,25-27H,7H2/t14-,15-,16-,17+,18-/m1/s1. The lowest BCUT2D eigenvalue weighted by Gasteiger charge is -2.43. The highest BCUT2D eigenvalue weighted by Gasteiger charge is 2.46. The number of aliphatic hydroxyl groups excluding tert-OH is 3. The molecule has 36 heavy (non-hydrogen) atoms. The van der Waals surface area contributed by atoms with Gasteiger partial charge in [0.2, 0.25) is 0 Å². The molecule has 0 aromatic heterocycles. The first kappa shape index (κ1) is 26.1. The lowest BCUT2D eigenvalue weighted by Crippen LogP contribution is -2.63. The number of nitro benzene ring substituents is 4. The summed E-state index contributed by atoms with van der Waals surface area (Å²) in [5.74, 6) is 0. The minimum Gasteiger partial charge on any atom is -0.394 e. The van der Waals surface area contributed by atoms with Crippen LogP contribution in [-0.2, 0) is 4.74 Å². The molecule has 2 aromatic rings. The fourth-order valence-corrected chi connectivity index (χ4v) is 3.63. The molecule has 1 aliphatic rings. The molecule has 0 amide bonds. The Morgan fingerprint density at radius 2 is 1.19 bits per heavy atom. The number of non-ortho nitro benzene ring substituents is 2. The summed E-state index contributed by atoms with van der Waals surface area (Å²) in [5.41, 5.74) is -3.33. The molecule has 1 saturated heterocycles. The summed E-state index contributed by atoms with van der Waals surface area (Å²) in [4.78, 5) is 41.4. The number of ether oxygens (including phenoxy) is 1. The molecule has 0 saturated carbocycles. The normalized spacial score (nSPS) is 23.5. The van der Waals surface area contributed by atoms with E-state index in [0.717, 1.165) is 24.3 Å². The van der Waals surface area contributed by atoms with Crippen LogP contribution in [0.4, 0.5) is 34.1 Å². The van der Waals surface area contributed by atoms with Crippen LogP contribution in [0.3, 0.4) is 0 Å². The average molecular weight is 510 g/mol. The Kier molecular flexibility index (Phi) is 7.53. The summed E-state index contributed by atoms with van der Waals surface area (Å²) < 4.78 is 5.14. The number of hydrogen-bond acceptors (Lipinski definition) is 14. The zero-order valence-corrected chi connectivity index (χ0v) is 17.9. The average Bonchev–Trinajstić information content (AvgIpc) is 2.82. The van der Waals surface area contributed by atoms with Crippen LogP contribution in [0.1, 0.15) is 0 Å². The van der Waals surface area contributed by atoms with E-state index in [1.807, 2.05) is 0 Å². The number of hydrogen-bond donors (Lipinski definition) is 5. The lowest BCUT2D eigenvalue weighted by molar-refractivity contribution is -0.393. The van der Waals surface area contributed by atoms with Gasteiger partial charge in [0.25, 0.3) is 22.7 Å². The van der Waals surface area contributed by atoms with E-state index in [0.29, 0.717) is 12.1 Å². The molecule has 0 unspecified atom stereocenters. The highest BCUT2D eigenvalue weighted by atomic mass is 16.6. The molecule has 1 aliphatic heterocycles. The van der Waals surface area contributed by atoms with Gasteiger partial charge in [0.1, 0.15) is 29.6 Å². The molecule has 1 heterocycles. The maximum atomic E-state index is 11.5. The quantitative estimate of drug-likeness (QED) is 0.229. The van der Waals surface area contributed by atoms with Crippen molar-refractivity contribution >= 4 is 34.1 Å². The van der Waals surface area contributed by atoms with Gasteiger partial charge in [-0.25, -0.2) is 0 Å². The highest BCUT2D eigenvalue weighted by Crippen LogP contribution is 2.35. The van der Waals surface area contributed by atoms with Crippen molar-refractivity contribution in [3.8, 4) is 0 Å². The van der Waals surface area contributed by atoms with Crippen LogP contribution in [0.5, 0.6) is 0 Å². The van der Waals surface area contributed by atoms with Crippen LogP contribution in [0, 0.1) is 40.5 Å². The number of nitrogens with zero attached hydrogens (tertiary/aromatic N) is 4. The molecule has 0 radical (unpaired) electrons. The third kappa shape index (κ3) is 5.25. The van der Waals surface area contributed by atoms with Crippen molar-refractivity contribution in [3.63, 3.8) is 0 Å². The van der Waals surface area contributed by atoms with Gasteiger partial charge in [-0.05, 0) is 12.1 Å². The minimum absolute atomic E-state index is 0.314. The Bertz CT molecular complexity index is 1210. The van der Waals surface area contributed by atoms with Crippen LogP contribution in [0.2, 0.25) is 0 Å². The molecule has 0 bridgehead atoms. The summed E-state index contributed by atoms with van der Waals surface area (Å²) >= 11 is 0. The van der Waals surface area contributed by atoms with E-state index in [-0.39, 0.29) is 11.4 Å². The van der Waals surface area contributed by atoms with Gasteiger partial charge >= 0.3 is 0 Å². The number of anilines is 2. The molecule has 0 spiro atoms. The van der Waals surface area contributed by atoms with Gasteiger partial charge in [0, 0.05) is 12.1 Å². The van der Waals surface area contributed by atoms with Gasteiger partial charge in [-0.1, -0.05) is 0 Å². The van der Waals surface area contributed by atoms with Crippen molar-refractivity contribution in [1.82, 2.24) is 0 Å². The Hall–Kier alpha value is -4.52. The van der Waals surface area contributed by atoms with Crippen LogP contribution < -0.4 is 10.6 Å². The van der Waals surface area contributed by atoms with Gasteiger partial charge in [-0.2, -0.15) is 0 Å². The van der Waals surface area contributed by atoms with Crippen LogP contribution in [0.15, 0.2) is 36.4 Å². The van der Waals surface area contributed by atoms with E-state index in [2.05, 4.69) is 10.6 Å². The molecular formula is C18H18N6O12. The summed E-state index contributed by atoms with van der Waals surface area (Å²) in [6.45, 7) is -0.789. The molecule has 3 rings (SSSR count). The van der Waals surface area contributed by atoms with Crippen molar-refractivity contribution in [2.24, 2.45) is 0 Å². The van der Waals surface area contributed by atoms with Crippen LogP contribution >= 0.6 is 0 Å². The number of rotatable bonds is 9. The second-order valence-electron chi connectivity index (χ2n) is 7.51. The molecule has 1 fully saturated rings. The van der Waals surface area contributed by atoms with Crippen molar-refractivity contribution in [2.75, 3.05) is 17.2 Å². The Labute approximate surface area is 199 Å². The lowest BCUT2D eigenvalue weighted by atomic mass is 9.93. The maximum Gasteiger partial charge on any atom is 0.299 e. The molecule has 0 aliphatic carbocycles. The largest absolute Gasteiger partial charge is 0.394 e. The molecular weight excluding hydrogens is 492 g/mol. The number of benzene rings is 2. The van der Waals surface area contributed by atoms with E-state index >= 15 is 0 Å². The second kappa shape index (κ2) is 10.4. The minimum atomic E-state index is -1.85. The third-order valence-corrected chi connectivity index (χ3v) is 5.36. The van der Waals surface area contributed by atoms with Gasteiger partial charge in [0.15, 0.2) is 6.29 Å². The molecule has 18 nitrogen and oxygen atoms in total. The van der Waals surface area contributed by atoms with Crippen LogP contribution in [-0.4, -0.2) is 72.2 Å². The fraction of sp³-hybridized carbons (Fsp3) is 0.333. The predicted octanol–water partition coefficient (Wildman–Crippen LogP) is 0.651. The fourth-order valence-electron chi connectivity index (χ4n) is 3.63. The third-order valence-electron chi connectivity index (χ3n) is 5.36. The van der Waals surface area contributed by atoms with Gasteiger partial charge in [-0.3, -0.25) is 40.5 Å². The molecule has 5 atom stereocenters. The van der Waals surface area contributed by atoms with E-state index in [1.165, 1.54) is 0 Å². The summed E-state index contributed by atoms with van der Waals surface area (Å²) in [7, 11) is 0. The Morgan fingerprint density at radius 1 is 0.750 bits per heavy atom. The first-order valence-corrected chi connectivity index (χ1v) is 9.95. The van der Waals surface area contributed by atoms with Crippen molar-refractivity contribution in [3.05, 3.63) is 76.9 Å². The maximum absolute atomic E-state index is 11.5. The number of aliphatic hydroxyl groups is 3. The van der Waals surface area contributed by atoms with E-state index in [1.54, 1.807) is 0 Å². The molecule has 18 heteroatoms. The first-order chi connectivity index (χ1) is 16.9. The molecule has 2 aromatic carbocycles. The van der Waals surface area contributed by atoms with Gasteiger partial charge < -0.3 is 30.7 Å². The highest BCUT2D eigenvalue weighted by molar-refractivity contribution is 5.68. The van der Waals surface area contributed by atoms with E-state index in [9.17, 15) is 55.8 Å². The summed E-state index contributed by atoms with van der Waals surface area (Å²) in [6.07, 6.45) is -4.91. The smallest absolute Gasteiger partial charge is 0.299 e. The van der Waals surface area contributed by atoms with Crippen LogP contribution in [0.25, 0.3) is 0 Å². The second-order valence-corrected chi connectivity index (χ2v) is 7.51. The van der Waals surface area contributed by atoms with Gasteiger partial charge in [0.05, 0.1) is 44.5 Å². The zero-order valence-electron chi connectivity index (χ0n) is 17.9. The molecule has 5 N–H and O–H groups in total. The monoisotopic (exact) mass is 510 g/mol. The topological polar surface area (TPSA) is 267 Å². The number of nitro groups is 4. The van der Waals surface area contributed by atoms with Crippen molar-refractivity contribution in [2.45, 2.75) is 30.6 Å². The summed E-state index contributed by atoms with van der Waals surface area (Å²) in [5, 5.41) is 80.8. The Balaban J connectivity index is 2.04. The summed E-state index contributed by atoms with van der Waals surface area (Å²) in [6, 6.07) is 2.29. The predicted molar refractivity (Wildman–Crippen MR) is 118 cm³/mol. The SMILES string of the molecule is O=[N+]([O-])c1ccc(N[C@@H]2[C@@H](Nc3ccc([N+](=O)[O-])cc3[N+](=O)[O-])[C@@H](O)[C@@H](CO)O[C@H]2O)c([N+](=O)[O-])c1. The van der Waals surface area contributed by atoms with Crippen molar-refractivity contribution < 1.29 is 39.7 Å². The number of nitrogens with one attached hydrogen (secondary N) is 2. The van der Waals surface area contributed by atoms with Crippen molar-refractivity contribution in [1.29, 1.82) is 0 Å². The zero-order chi connectivity index (χ0) is 26.7.